The van der Waals surface area contributed by atoms with E-state index in [-0.39, 0.29) is 0 Å². The first-order valence-corrected chi connectivity index (χ1v) is 4.29. The van der Waals surface area contributed by atoms with E-state index in [1.54, 1.807) is 0 Å². The van der Waals surface area contributed by atoms with Gasteiger partial charge in [-0.15, -0.1) is 0 Å². The second kappa shape index (κ2) is 5.84. The molecular weight excluding hydrogens is 168 g/mol. The van der Waals surface area contributed by atoms with Crippen LogP contribution in [0.15, 0.2) is 4.36 Å². The van der Waals surface area contributed by atoms with Crippen LogP contribution in [0.4, 0.5) is 4.79 Å². The monoisotopic (exact) mass is 178 g/mol. The minimum absolute atomic E-state index is 0.468. The number of carbonyl (C=O) groups is 1. The summed E-state index contributed by atoms with van der Waals surface area (Å²) in [7, 11) is -2.64. The lowest BCUT2D eigenvalue weighted by molar-refractivity contribution is 0.249. The topological polar surface area (TPSA) is 75.6 Å². The average Bonchev–Trinajstić information content (AvgIpc) is 1.86. The van der Waals surface area contributed by atoms with Crippen LogP contribution in [0.1, 0.15) is 19.8 Å². The van der Waals surface area contributed by atoms with Gasteiger partial charge in [-0.25, -0.2) is 4.79 Å². The highest BCUT2D eigenvalue weighted by Gasteiger charge is 1.94. The van der Waals surface area contributed by atoms with E-state index in [0.29, 0.717) is 6.54 Å². The number of urea groups is 1. The van der Waals surface area contributed by atoms with Crippen LogP contribution in [0.2, 0.25) is 0 Å². The van der Waals surface area contributed by atoms with E-state index >= 15 is 0 Å². The summed E-state index contributed by atoms with van der Waals surface area (Å²) in [5.41, 5.74) is 0. The van der Waals surface area contributed by atoms with Crippen LogP contribution in [-0.4, -0.2) is 21.0 Å². The SMILES string of the molecule is CCCCNC(=O)N=S(=O)=O. The molecule has 0 saturated carbocycles. The van der Waals surface area contributed by atoms with E-state index in [1.807, 2.05) is 6.92 Å². The Balaban J connectivity index is 3.63. The van der Waals surface area contributed by atoms with E-state index in [1.165, 1.54) is 0 Å². The molecule has 64 valence electrons. The normalized spacial score (nSPS) is 8.82. The zero-order chi connectivity index (χ0) is 8.69. The lowest BCUT2D eigenvalue weighted by Crippen LogP contribution is -2.20. The largest absolute Gasteiger partial charge is 0.355 e. The van der Waals surface area contributed by atoms with Gasteiger partial charge < -0.3 is 5.32 Å². The van der Waals surface area contributed by atoms with Crippen molar-refractivity contribution in [3.8, 4) is 0 Å². The molecule has 0 aliphatic carbocycles. The van der Waals surface area contributed by atoms with Crippen molar-refractivity contribution in [3.05, 3.63) is 0 Å². The predicted octanol–water partition coefficient (Wildman–Crippen LogP) is 0.559. The number of hydrogen-bond donors (Lipinski definition) is 1. The summed E-state index contributed by atoms with van der Waals surface area (Å²) >= 11 is 0. The number of hydrogen-bond acceptors (Lipinski definition) is 3. The molecule has 0 aromatic carbocycles. The summed E-state index contributed by atoms with van der Waals surface area (Å²) in [5.74, 6) is 0. The molecule has 5 nitrogen and oxygen atoms in total. The highest BCUT2D eigenvalue weighted by molar-refractivity contribution is 7.62. The molecule has 0 rings (SSSR count). The van der Waals surface area contributed by atoms with Crippen molar-refractivity contribution in [2.24, 2.45) is 4.36 Å². The molecule has 2 amide bonds. The second-order valence-electron chi connectivity index (χ2n) is 1.89. The highest BCUT2D eigenvalue weighted by Crippen LogP contribution is 1.82. The van der Waals surface area contributed by atoms with Crippen molar-refractivity contribution in [2.45, 2.75) is 19.8 Å². The Hall–Kier alpha value is -0.910. The fraction of sp³-hybridized carbons (Fsp3) is 0.800. The summed E-state index contributed by atoms with van der Waals surface area (Å²) in [5, 5.41) is 2.32. The Morgan fingerprint density at radius 3 is 2.64 bits per heavy atom. The number of carbonyl (C=O) groups excluding carboxylic acids is 1. The van der Waals surface area contributed by atoms with Gasteiger partial charge >= 0.3 is 16.5 Å². The molecule has 0 radical (unpaired) electrons. The van der Waals surface area contributed by atoms with Gasteiger partial charge in [0.1, 0.15) is 0 Å². The van der Waals surface area contributed by atoms with Crippen LogP contribution in [0.25, 0.3) is 0 Å². The minimum atomic E-state index is -2.64. The standard InChI is InChI=1S/C5H10N2O3S/c1-2-3-4-6-5(8)7-11(9)10/h2-4H2,1H3,(H,6,8). The van der Waals surface area contributed by atoms with Crippen molar-refractivity contribution in [2.75, 3.05) is 6.54 Å². The van der Waals surface area contributed by atoms with Gasteiger partial charge in [-0.05, 0) is 6.42 Å². The zero-order valence-electron chi connectivity index (χ0n) is 6.20. The number of rotatable bonds is 3. The first-order valence-electron chi connectivity index (χ1n) is 3.25. The van der Waals surface area contributed by atoms with Gasteiger partial charge in [0.25, 0.3) is 0 Å². The van der Waals surface area contributed by atoms with Gasteiger partial charge in [0.2, 0.25) is 0 Å². The van der Waals surface area contributed by atoms with E-state index in [9.17, 15) is 13.2 Å². The maximum Gasteiger partial charge on any atom is 0.355 e. The smallest absolute Gasteiger partial charge is 0.335 e. The lowest BCUT2D eigenvalue weighted by Gasteiger charge is -1.95. The number of amides is 2. The van der Waals surface area contributed by atoms with Crippen LogP contribution in [-0.2, 0) is 10.5 Å². The van der Waals surface area contributed by atoms with Crippen molar-refractivity contribution < 1.29 is 13.2 Å². The molecule has 0 aliphatic rings. The molecule has 0 aromatic heterocycles. The Morgan fingerprint density at radius 1 is 1.55 bits per heavy atom. The van der Waals surface area contributed by atoms with E-state index in [4.69, 9.17) is 0 Å². The summed E-state index contributed by atoms with van der Waals surface area (Å²) in [6.07, 6.45) is 1.77. The minimum Gasteiger partial charge on any atom is -0.335 e. The van der Waals surface area contributed by atoms with Gasteiger partial charge in [0.15, 0.2) is 0 Å². The molecule has 0 heterocycles. The van der Waals surface area contributed by atoms with Crippen molar-refractivity contribution in [1.82, 2.24) is 5.32 Å². The lowest BCUT2D eigenvalue weighted by atomic mass is 10.3. The Kier molecular flexibility index (Phi) is 5.36. The molecule has 0 bridgehead atoms. The molecule has 0 unspecified atom stereocenters. The first kappa shape index (κ1) is 10.1. The van der Waals surface area contributed by atoms with E-state index < -0.39 is 16.5 Å². The summed E-state index contributed by atoms with van der Waals surface area (Å²) in [6.45, 7) is 2.44. The highest BCUT2D eigenvalue weighted by atomic mass is 32.2. The Labute approximate surface area is 66.5 Å². The molecule has 0 fully saturated rings. The molecule has 0 spiro atoms. The molecule has 0 atom stereocenters. The summed E-state index contributed by atoms with van der Waals surface area (Å²) in [6, 6.07) is -0.799. The molecule has 0 aromatic rings. The predicted molar refractivity (Wildman–Crippen MR) is 39.7 cm³/mol. The van der Waals surface area contributed by atoms with Crippen LogP contribution in [0.5, 0.6) is 0 Å². The van der Waals surface area contributed by atoms with Gasteiger partial charge in [0.05, 0.1) is 0 Å². The van der Waals surface area contributed by atoms with Gasteiger partial charge in [-0.3, -0.25) is 0 Å². The Bertz CT molecular complexity index is 236. The van der Waals surface area contributed by atoms with Gasteiger partial charge in [-0.1, -0.05) is 17.7 Å². The fourth-order valence-electron chi connectivity index (χ4n) is 0.472. The second-order valence-corrected chi connectivity index (χ2v) is 2.51. The molecule has 0 saturated heterocycles. The number of nitrogens with zero attached hydrogens (tertiary/aromatic N) is 1. The van der Waals surface area contributed by atoms with Crippen LogP contribution in [0, 0.1) is 0 Å². The fourth-order valence-corrected chi connectivity index (χ4v) is 0.672. The van der Waals surface area contributed by atoms with E-state index in [0.717, 1.165) is 12.8 Å². The number of nitrogens with one attached hydrogen (secondary N) is 1. The molecular formula is C5H10N2O3S. The first-order chi connectivity index (χ1) is 5.16. The summed E-state index contributed by atoms with van der Waals surface area (Å²) < 4.78 is 22.3. The molecule has 6 heteroatoms. The zero-order valence-corrected chi connectivity index (χ0v) is 7.02. The van der Waals surface area contributed by atoms with Crippen molar-refractivity contribution in [3.63, 3.8) is 0 Å². The third-order valence-corrected chi connectivity index (χ3v) is 1.28. The number of unbranched alkanes of at least 4 members (excludes halogenated alkanes) is 1. The quantitative estimate of drug-likeness (QED) is 0.641. The summed E-state index contributed by atoms with van der Waals surface area (Å²) in [4.78, 5) is 10.5. The van der Waals surface area contributed by atoms with Crippen molar-refractivity contribution in [1.29, 1.82) is 0 Å². The molecule has 1 N–H and O–H groups in total. The van der Waals surface area contributed by atoms with E-state index in [2.05, 4.69) is 9.68 Å². The van der Waals surface area contributed by atoms with Crippen LogP contribution >= 0.6 is 0 Å². The maximum atomic E-state index is 10.5. The molecule has 11 heavy (non-hydrogen) atoms. The van der Waals surface area contributed by atoms with Crippen LogP contribution in [0.3, 0.4) is 0 Å². The Morgan fingerprint density at radius 2 is 2.18 bits per heavy atom. The third-order valence-electron chi connectivity index (χ3n) is 0.964. The maximum absolute atomic E-state index is 10.5. The third kappa shape index (κ3) is 6.98. The van der Waals surface area contributed by atoms with Gasteiger partial charge in [0, 0.05) is 6.54 Å². The van der Waals surface area contributed by atoms with Crippen molar-refractivity contribution >= 4 is 16.5 Å². The van der Waals surface area contributed by atoms with Gasteiger partial charge in [-0.2, -0.15) is 8.42 Å². The average molecular weight is 178 g/mol. The van der Waals surface area contributed by atoms with Crippen LogP contribution < -0.4 is 5.32 Å². The molecule has 0 aliphatic heterocycles.